The van der Waals surface area contributed by atoms with E-state index in [0.717, 1.165) is 6.42 Å². The zero-order valence-electron chi connectivity index (χ0n) is 11.4. The number of ether oxygens (including phenoxy) is 1. The van der Waals surface area contributed by atoms with E-state index in [1.54, 1.807) is 14.0 Å². The Bertz CT molecular complexity index is 491. The standard InChI is InChI=1S/C13H19N3O2S/c1-4-8(7-18-3)16-13-9(6-14)11(15)12(19-13)10(17)5-2/h8,16H,4-5,7,15H2,1-3H3. The molecule has 0 aromatic carbocycles. The van der Waals surface area contributed by atoms with Crippen LogP contribution in [0.2, 0.25) is 0 Å². The molecule has 0 radical (unpaired) electrons. The van der Waals surface area contributed by atoms with Gasteiger partial charge in [0.15, 0.2) is 5.78 Å². The molecule has 1 heterocycles. The summed E-state index contributed by atoms with van der Waals surface area (Å²) in [5.41, 5.74) is 6.52. The number of nitrogens with zero attached hydrogens (tertiary/aromatic N) is 1. The van der Waals surface area contributed by atoms with Crippen LogP contribution in [0.25, 0.3) is 0 Å². The summed E-state index contributed by atoms with van der Waals surface area (Å²) in [6.45, 7) is 4.34. The molecule has 1 rings (SSSR count). The number of Topliss-reactive ketones (excluding diaryl/α,β-unsaturated/α-hetero) is 1. The second kappa shape index (κ2) is 7.12. The lowest BCUT2D eigenvalue weighted by Crippen LogP contribution is -2.23. The van der Waals surface area contributed by atoms with Gasteiger partial charge in [-0.3, -0.25) is 4.79 Å². The predicted octanol–water partition coefficient (Wildman–Crippen LogP) is 2.63. The number of nitrogens with two attached hydrogens (primary N) is 1. The van der Waals surface area contributed by atoms with E-state index >= 15 is 0 Å². The van der Waals surface area contributed by atoms with Crippen molar-refractivity contribution in [2.45, 2.75) is 32.7 Å². The van der Waals surface area contributed by atoms with Crippen molar-refractivity contribution in [2.75, 3.05) is 24.8 Å². The van der Waals surface area contributed by atoms with Crippen molar-refractivity contribution in [3.63, 3.8) is 0 Å². The summed E-state index contributed by atoms with van der Waals surface area (Å²) in [6, 6.07) is 2.16. The normalized spacial score (nSPS) is 11.9. The average Bonchev–Trinajstić information content (AvgIpc) is 2.73. The van der Waals surface area contributed by atoms with Gasteiger partial charge in [0.2, 0.25) is 0 Å². The fourth-order valence-corrected chi connectivity index (χ4v) is 2.83. The number of rotatable bonds is 7. The van der Waals surface area contributed by atoms with Crippen LogP contribution in [-0.4, -0.2) is 25.5 Å². The minimum Gasteiger partial charge on any atom is -0.396 e. The van der Waals surface area contributed by atoms with Crippen LogP contribution in [0.1, 0.15) is 41.9 Å². The molecule has 0 aliphatic rings. The molecule has 0 bridgehead atoms. The van der Waals surface area contributed by atoms with Crippen LogP contribution < -0.4 is 11.1 Å². The zero-order chi connectivity index (χ0) is 14.4. The first-order valence-electron chi connectivity index (χ1n) is 6.19. The fourth-order valence-electron chi connectivity index (χ4n) is 1.67. The topological polar surface area (TPSA) is 88.1 Å². The van der Waals surface area contributed by atoms with Gasteiger partial charge in [-0.25, -0.2) is 0 Å². The molecule has 0 spiro atoms. The van der Waals surface area contributed by atoms with E-state index < -0.39 is 0 Å². The Morgan fingerprint density at radius 1 is 1.58 bits per heavy atom. The highest BCUT2D eigenvalue weighted by Gasteiger charge is 2.21. The van der Waals surface area contributed by atoms with E-state index in [1.807, 2.05) is 6.92 Å². The van der Waals surface area contributed by atoms with Crippen LogP contribution in [-0.2, 0) is 4.74 Å². The lowest BCUT2D eigenvalue weighted by atomic mass is 10.2. The zero-order valence-corrected chi connectivity index (χ0v) is 12.3. The summed E-state index contributed by atoms with van der Waals surface area (Å²) in [7, 11) is 1.63. The first-order chi connectivity index (χ1) is 9.08. The predicted molar refractivity (Wildman–Crippen MR) is 77.6 cm³/mol. The second-order valence-electron chi connectivity index (χ2n) is 4.14. The molecule has 1 unspecified atom stereocenters. The summed E-state index contributed by atoms with van der Waals surface area (Å²) in [5.74, 6) is -0.0353. The van der Waals surface area contributed by atoms with Crippen molar-refractivity contribution in [1.29, 1.82) is 5.26 Å². The van der Waals surface area contributed by atoms with Crippen molar-refractivity contribution in [3.8, 4) is 6.07 Å². The Morgan fingerprint density at radius 3 is 2.74 bits per heavy atom. The monoisotopic (exact) mass is 281 g/mol. The number of nitrogens with one attached hydrogen (secondary N) is 1. The van der Waals surface area contributed by atoms with Crippen LogP contribution >= 0.6 is 11.3 Å². The number of ketones is 1. The van der Waals surface area contributed by atoms with Gasteiger partial charge in [-0.15, -0.1) is 11.3 Å². The quantitative estimate of drug-likeness (QED) is 0.750. The minimum atomic E-state index is -0.0353. The molecule has 6 heteroatoms. The number of carbonyl (C=O) groups excluding carboxylic acids is 1. The molecule has 1 aromatic heterocycles. The number of hydrogen-bond donors (Lipinski definition) is 2. The van der Waals surface area contributed by atoms with Crippen LogP contribution in [0.3, 0.4) is 0 Å². The molecule has 3 N–H and O–H groups in total. The molecule has 1 atom stereocenters. The van der Waals surface area contributed by atoms with Gasteiger partial charge in [-0.2, -0.15) is 5.26 Å². The van der Waals surface area contributed by atoms with Crippen molar-refractivity contribution < 1.29 is 9.53 Å². The van der Waals surface area contributed by atoms with E-state index in [1.165, 1.54) is 11.3 Å². The lowest BCUT2D eigenvalue weighted by Gasteiger charge is -2.15. The first kappa shape index (κ1) is 15.5. The van der Waals surface area contributed by atoms with Gasteiger partial charge in [0.1, 0.15) is 16.6 Å². The number of nitrogen functional groups attached to an aromatic ring is 1. The van der Waals surface area contributed by atoms with Crippen molar-refractivity contribution in [3.05, 3.63) is 10.4 Å². The van der Waals surface area contributed by atoms with Gasteiger partial charge >= 0.3 is 0 Å². The summed E-state index contributed by atoms with van der Waals surface area (Å²) in [4.78, 5) is 12.2. The molecule has 104 valence electrons. The van der Waals surface area contributed by atoms with Crippen molar-refractivity contribution in [1.82, 2.24) is 0 Å². The molecule has 19 heavy (non-hydrogen) atoms. The van der Waals surface area contributed by atoms with Crippen LogP contribution in [0.15, 0.2) is 0 Å². The third-order valence-electron chi connectivity index (χ3n) is 2.83. The number of methoxy groups -OCH3 is 1. The highest BCUT2D eigenvalue weighted by molar-refractivity contribution is 7.19. The molecule has 0 aliphatic carbocycles. The van der Waals surface area contributed by atoms with Crippen molar-refractivity contribution >= 4 is 27.8 Å². The van der Waals surface area contributed by atoms with E-state index in [-0.39, 0.29) is 17.5 Å². The van der Waals surface area contributed by atoms with Crippen LogP contribution in [0.5, 0.6) is 0 Å². The molecular formula is C13H19N3O2S. The van der Waals surface area contributed by atoms with E-state index in [0.29, 0.717) is 28.5 Å². The molecule has 0 saturated heterocycles. The second-order valence-corrected chi connectivity index (χ2v) is 5.16. The number of nitriles is 1. The Morgan fingerprint density at radius 2 is 2.26 bits per heavy atom. The van der Waals surface area contributed by atoms with E-state index in [4.69, 9.17) is 10.5 Å². The molecule has 1 aromatic rings. The van der Waals surface area contributed by atoms with Crippen LogP contribution in [0.4, 0.5) is 10.7 Å². The third-order valence-corrected chi connectivity index (χ3v) is 4.00. The van der Waals surface area contributed by atoms with Gasteiger partial charge in [0.05, 0.1) is 17.2 Å². The molecule has 0 amide bonds. The maximum absolute atomic E-state index is 11.8. The average molecular weight is 281 g/mol. The lowest BCUT2D eigenvalue weighted by molar-refractivity contribution is 0.0993. The summed E-state index contributed by atoms with van der Waals surface area (Å²) >= 11 is 1.25. The highest BCUT2D eigenvalue weighted by Crippen LogP contribution is 2.36. The SMILES string of the molecule is CCC(=O)c1sc(NC(CC)COC)c(C#N)c1N. The summed E-state index contributed by atoms with van der Waals surface area (Å²) < 4.78 is 5.11. The number of thiophene rings is 1. The fraction of sp³-hybridized carbons (Fsp3) is 0.538. The Balaban J connectivity index is 3.07. The first-order valence-corrected chi connectivity index (χ1v) is 7.01. The minimum absolute atomic E-state index is 0.0353. The maximum Gasteiger partial charge on any atom is 0.174 e. The molecule has 0 aliphatic heterocycles. The molecule has 5 nitrogen and oxygen atoms in total. The van der Waals surface area contributed by atoms with Gasteiger partial charge in [0.25, 0.3) is 0 Å². The highest BCUT2D eigenvalue weighted by atomic mass is 32.1. The van der Waals surface area contributed by atoms with Gasteiger partial charge in [-0.05, 0) is 6.42 Å². The van der Waals surface area contributed by atoms with Gasteiger partial charge in [0, 0.05) is 19.6 Å². The third kappa shape index (κ3) is 3.46. The van der Waals surface area contributed by atoms with E-state index in [2.05, 4.69) is 11.4 Å². The Kier molecular flexibility index (Phi) is 5.80. The molecular weight excluding hydrogens is 262 g/mol. The smallest absolute Gasteiger partial charge is 0.174 e. The van der Waals surface area contributed by atoms with Gasteiger partial charge < -0.3 is 15.8 Å². The number of hydrogen-bond acceptors (Lipinski definition) is 6. The van der Waals surface area contributed by atoms with Gasteiger partial charge in [-0.1, -0.05) is 13.8 Å². The van der Waals surface area contributed by atoms with Crippen LogP contribution in [0, 0.1) is 11.3 Å². The Labute approximate surface area is 117 Å². The van der Waals surface area contributed by atoms with E-state index in [9.17, 15) is 10.1 Å². The van der Waals surface area contributed by atoms with Crippen molar-refractivity contribution in [2.24, 2.45) is 0 Å². The summed E-state index contributed by atoms with van der Waals surface area (Å²) in [5, 5.41) is 13.1. The Hall–Kier alpha value is -1.58. The number of carbonyl (C=O) groups is 1. The molecule has 0 fully saturated rings. The molecule has 0 saturated carbocycles. The summed E-state index contributed by atoms with van der Waals surface area (Å²) in [6.07, 6.45) is 1.23. The largest absolute Gasteiger partial charge is 0.396 e. The maximum atomic E-state index is 11.8. The number of anilines is 2.